The minimum atomic E-state index is -4.03. The van der Waals surface area contributed by atoms with Crippen LogP contribution in [0.25, 0.3) is 0 Å². The highest BCUT2D eigenvalue weighted by molar-refractivity contribution is 7.89. The second kappa shape index (κ2) is 8.46. The average Bonchev–Trinajstić information content (AvgIpc) is 2.70. The molecule has 0 bridgehead atoms. The van der Waals surface area contributed by atoms with Crippen LogP contribution in [-0.2, 0) is 24.4 Å². The summed E-state index contributed by atoms with van der Waals surface area (Å²) in [6.45, 7) is 0.276. The number of sulfonamides is 1. The molecule has 1 atom stereocenters. The van der Waals surface area contributed by atoms with Crippen LogP contribution in [0, 0.1) is 0 Å². The first-order valence-corrected chi connectivity index (χ1v) is 10.3. The molecule has 10 heteroatoms. The number of hydrogen-bond donors (Lipinski definition) is 2. The van der Waals surface area contributed by atoms with Gasteiger partial charge < -0.3 is 14.3 Å². The lowest BCUT2D eigenvalue weighted by Crippen LogP contribution is -2.60. The smallest absolute Gasteiger partial charge is 0.348 e. The van der Waals surface area contributed by atoms with Gasteiger partial charge in [0, 0.05) is 11.6 Å². The van der Waals surface area contributed by atoms with E-state index in [0.29, 0.717) is 29.5 Å². The van der Waals surface area contributed by atoms with E-state index in [-0.39, 0.29) is 17.9 Å². The van der Waals surface area contributed by atoms with Gasteiger partial charge >= 0.3 is 5.97 Å². The predicted octanol–water partition coefficient (Wildman–Crippen LogP) is 2.38. The molecule has 0 aliphatic carbocycles. The lowest BCUT2D eigenvalue weighted by atomic mass is 9.94. The maximum absolute atomic E-state index is 12.8. The fourth-order valence-electron chi connectivity index (χ4n) is 2.83. The van der Waals surface area contributed by atoms with Crippen molar-refractivity contribution in [1.82, 2.24) is 4.72 Å². The number of benzene rings is 2. The third kappa shape index (κ3) is 4.62. The summed E-state index contributed by atoms with van der Waals surface area (Å²) >= 11 is 5.83. The van der Waals surface area contributed by atoms with Gasteiger partial charge in [-0.05, 0) is 61.4 Å². The number of ether oxygens (including phenoxy) is 2. The van der Waals surface area contributed by atoms with E-state index in [1.165, 1.54) is 24.3 Å². The number of hydrogen-bond acceptors (Lipinski definition) is 7. The monoisotopic (exact) mass is 426 g/mol. The van der Waals surface area contributed by atoms with Crippen LogP contribution >= 0.6 is 11.6 Å². The summed E-state index contributed by atoms with van der Waals surface area (Å²) in [5, 5.41) is 0.580. The molecule has 1 saturated heterocycles. The van der Waals surface area contributed by atoms with Crippen LogP contribution in [0.1, 0.15) is 12.8 Å². The Morgan fingerprint density at radius 2 is 1.71 bits per heavy atom. The van der Waals surface area contributed by atoms with Crippen LogP contribution in [0.2, 0.25) is 5.02 Å². The molecule has 150 valence electrons. The van der Waals surface area contributed by atoms with Crippen molar-refractivity contribution < 1.29 is 27.5 Å². The number of rotatable bonds is 6. The molecule has 1 aliphatic rings. The third-order valence-electron chi connectivity index (χ3n) is 4.25. The second-order valence-corrected chi connectivity index (χ2v) is 8.40. The van der Waals surface area contributed by atoms with Gasteiger partial charge in [0.05, 0.1) is 11.5 Å². The summed E-state index contributed by atoms with van der Waals surface area (Å²) in [4.78, 5) is 16.4. The van der Waals surface area contributed by atoms with Gasteiger partial charge in [-0.25, -0.2) is 13.2 Å². The molecule has 3 rings (SSSR count). The molecule has 28 heavy (non-hydrogen) atoms. The Kier molecular flexibility index (Phi) is 6.21. The molecular weight excluding hydrogens is 408 g/mol. The highest BCUT2D eigenvalue weighted by atomic mass is 35.5. The molecule has 0 aromatic heterocycles. The Bertz CT molecular complexity index is 926. The number of halogens is 1. The van der Waals surface area contributed by atoms with E-state index in [4.69, 9.17) is 27.0 Å². The fraction of sp³-hybridized carbons (Fsp3) is 0.278. The number of nitrogens with one attached hydrogen (secondary N) is 1. The number of nitrogens with two attached hydrogens (primary N) is 1. The molecular formula is C18H19ClN2O6S. The molecule has 1 fully saturated rings. The topological polar surface area (TPSA) is 117 Å². The average molecular weight is 427 g/mol. The first kappa shape index (κ1) is 20.6. The quantitative estimate of drug-likeness (QED) is 0.681. The minimum absolute atomic E-state index is 0.0364. The second-order valence-electron chi connectivity index (χ2n) is 6.28. The van der Waals surface area contributed by atoms with Gasteiger partial charge in [0.15, 0.2) is 5.54 Å². The van der Waals surface area contributed by atoms with Crippen molar-refractivity contribution in [3.05, 3.63) is 53.6 Å². The van der Waals surface area contributed by atoms with Crippen LogP contribution in [-0.4, -0.2) is 33.1 Å². The summed E-state index contributed by atoms with van der Waals surface area (Å²) in [5.74, 6) is 5.09. The van der Waals surface area contributed by atoms with E-state index in [1.807, 2.05) is 0 Å². The van der Waals surface area contributed by atoms with Gasteiger partial charge in [-0.3, -0.25) is 0 Å². The lowest BCUT2D eigenvalue weighted by molar-refractivity contribution is -0.157. The Morgan fingerprint density at radius 3 is 2.25 bits per heavy atom. The standard InChI is InChI=1S/C18H19ClN2O6S/c19-13-2-4-14(5-3-13)26-15-6-8-16(9-7-15)28(23,24)21-18(17(22)27-20)10-1-11-25-12-18/h2-9,21H,1,10-12,20H2/t18-/m1/s1. The van der Waals surface area contributed by atoms with Gasteiger partial charge in [0.2, 0.25) is 10.0 Å². The summed E-state index contributed by atoms with van der Waals surface area (Å²) < 4.78 is 38.8. The van der Waals surface area contributed by atoms with Crippen molar-refractivity contribution in [3.8, 4) is 11.5 Å². The van der Waals surface area contributed by atoms with Gasteiger partial charge in [0.25, 0.3) is 0 Å². The molecule has 0 spiro atoms. The molecule has 3 N–H and O–H groups in total. The number of carbonyl (C=O) groups is 1. The molecule has 1 aliphatic heterocycles. The maximum Gasteiger partial charge on any atom is 0.348 e. The Hall–Kier alpha value is -2.17. The molecule has 2 aromatic carbocycles. The van der Waals surface area contributed by atoms with Crippen molar-refractivity contribution in [3.63, 3.8) is 0 Å². The number of carbonyl (C=O) groups excluding carboxylic acids is 1. The maximum atomic E-state index is 12.8. The van der Waals surface area contributed by atoms with Crippen molar-refractivity contribution in [1.29, 1.82) is 0 Å². The summed E-state index contributed by atoms with van der Waals surface area (Å²) in [7, 11) is -4.03. The van der Waals surface area contributed by atoms with Gasteiger partial charge in [-0.2, -0.15) is 10.6 Å². The normalized spacial score (nSPS) is 19.8. The summed E-state index contributed by atoms with van der Waals surface area (Å²) in [6, 6.07) is 12.5. The lowest BCUT2D eigenvalue weighted by Gasteiger charge is -2.34. The zero-order chi connectivity index (χ0) is 20.2. The summed E-state index contributed by atoms with van der Waals surface area (Å²) in [6.07, 6.45) is 0.714. The fourth-order valence-corrected chi connectivity index (χ4v) is 4.33. The van der Waals surface area contributed by atoms with Crippen molar-refractivity contribution in [2.24, 2.45) is 5.90 Å². The minimum Gasteiger partial charge on any atom is -0.457 e. The van der Waals surface area contributed by atoms with Crippen molar-refractivity contribution in [2.75, 3.05) is 13.2 Å². The van der Waals surface area contributed by atoms with E-state index in [1.54, 1.807) is 24.3 Å². The SMILES string of the molecule is NOC(=O)[C@@]1(NS(=O)(=O)c2ccc(Oc3ccc(Cl)cc3)cc2)CCCOC1. The predicted molar refractivity (Wildman–Crippen MR) is 101 cm³/mol. The molecule has 8 nitrogen and oxygen atoms in total. The molecule has 0 saturated carbocycles. The van der Waals surface area contributed by atoms with Crippen LogP contribution in [0.5, 0.6) is 11.5 Å². The van der Waals surface area contributed by atoms with Crippen LogP contribution in [0.4, 0.5) is 0 Å². The Balaban J connectivity index is 1.77. The Morgan fingerprint density at radius 1 is 1.11 bits per heavy atom. The molecule has 0 radical (unpaired) electrons. The van der Waals surface area contributed by atoms with Gasteiger partial charge in [0.1, 0.15) is 11.5 Å². The van der Waals surface area contributed by atoms with E-state index in [0.717, 1.165) is 0 Å². The largest absolute Gasteiger partial charge is 0.457 e. The highest BCUT2D eigenvalue weighted by Gasteiger charge is 2.45. The molecule has 0 unspecified atom stereocenters. The van der Waals surface area contributed by atoms with E-state index >= 15 is 0 Å². The third-order valence-corrected chi connectivity index (χ3v) is 6.06. The van der Waals surface area contributed by atoms with E-state index in [9.17, 15) is 13.2 Å². The highest BCUT2D eigenvalue weighted by Crippen LogP contribution is 2.26. The van der Waals surface area contributed by atoms with Crippen LogP contribution < -0.4 is 15.4 Å². The van der Waals surface area contributed by atoms with Gasteiger partial charge in [-0.15, -0.1) is 0 Å². The van der Waals surface area contributed by atoms with E-state index < -0.39 is 21.5 Å². The zero-order valence-electron chi connectivity index (χ0n) is 14.8. The van der Waals surface area contributed by atoms with Gasteiger partial charge in [-0.1, -0.05) is 11.6 Å². The Labute approximate surface area is 167 Å². The first-order chi connectivity index (χ1) is 13.3. The molecule has 2 aromatic rings. The van der Waals surface area contributed by atoms with Crippen LogP contribution in [0.3, 0.4) is 0 Å². The first-order valence-electron chi connectivity index (χ1n) is 8.41. The molecule has 0 amide bonds. The van der Waals surface area contributed by atoms with E-state index in [2.05, 4.69) is 9.56 Å². The van der Waals surface area contributed by atoms with Crippen molar-refractivity contribution >= 4 is 27.6 Å². The molecule has 1 heterocycles. The van der Waals surface area contributed by atoms with Crippen LogP contribution in [0.15, 0.2) is 53.4 Å². The van der Waals surface area contributed by atoms with Crippen molar-refractivity contribution in [2.45, 2.75) is 23.3 Å². The summed E-state index contributed by atoms with van der Waals surface area (Å²) in [5.41, 5.74) is -1.55. The zero-order valence-corrected chi connectivity index (χ0v) is 16.3.